The Morgan fingerprint density at radius 1 is 1.19 bits per heavy atom. The highest BCUT2D eigenvalue weighted by atomic mass is 16.5. The van der Waals surface area contributed by atoms with Crippen LogP contribution in [-0.4, -0.2) is 73.6 Å². The van der Waals surface area contributed by atoms with Crippen molar-refractivity contribution in [2.75, 3.05) is 46.7 Å². The Bertz CT molecular complexity index is 1120. The zero-order valence-electron chi connectivity index (χ0n) is 18.9. The molecule has 0 saturated heterocycles. The molecule has 2 aromatic heterocycles. The number of ether oxygens (including phenoxy) is 2. The van der Waals surface area contributed by atoms with Crippen molar-refractivity contribution in [3.05, 3.63) is 48.3 Å². The lowest BCUT2D eigenvalue weighted by molar-refractivity contribution is -0.117. The average Bonchev–Trinajstić information content (AvgIpc) is 3.25. The molecular formula is C24H29N5O3. The number of aromatic nitrogens is 2. The quantitative estimate of drug-likeness (QED) is 0.524. The molecule has 1 unspecified atom stereocenters. The molecule has 8 nitrogen and oxygen atoms in total. The molecule has 4 rings (SSSR count). The molecule has 168 valence electrons. The van der Waals surface area contributed by atoms with Crippen molar-refractivity contribution in [3.63, 3.8) is 0 Å². The smallest absolute Gasteiger partial charge is 0.151 e. The lowest BCUT2D eigenvalue weighted by Gasteiger charge is -2.34. The molecule has 1 aliphatic heterocycles. The number of carbonyl (C=O) groups excluding carboxylic acids is 1. The van der Waals surface area contributed by atoms with E-state index in [9.17, 15) is 4.79 Å². The Morgan fingerprint density at radius 3 is 2.53 bits per heavy atom. The third-order valence-corrected chi connectivity index (χ3v) is 5.77. The van der Waals surface area contributed by atoms with Gasteiger partial charge in [0.05, 0.1) is 19.9 Å². The third-order valence-electron chi connectivity index (χ3n) is 5.77. The molecule has 0 spiro atoms. The summed E-state index contributed by atoms with van der Waals surface area (Å²) in [7, 11) is 7.12. The summed E-state index contributed by atoms with van der Waals surface area (Å²) in [6.45, 7) is 1.55. The number of likely N-dealkylation sites (N-methyl/N-ethyl adjacent to an activating group) is 1. The second kappa shape index (κ2) is 9.42. The number of nitrogens with zero attached hydrogens (tertiary/aromatic N) is 3. The van der Waals surface area contributed by atoms with Crippen LogP contribution in [0.25, 0.3) is 16.6 Å². The zero-order chi connectivity index (χ0) is 22.7. The number of aromatic amines is 1. The number of methoxy groups -OCH3 is 2. The molecule has 3 aromatic rings. The van der Waals surface area contributed by atoms with E-state index < -0.39 is 0 Å². The van der Waals surface area contributed by atoms with E-state index in [2.05, 4.69) is 32.3 Å². The van der Waals surface area contributed by atoms with Crippen molar-refractivity contribution in [2.45, 2.75) is 12.6 Å². The van der Waals surface area contributed by atoms with E-state index in [1.807, 2.05) is 43.3 Å². The number of hydrogen-bond acceptors (Lipinski definition) is 7. The van der Waals surface area contributed by atoms with E-state index in [-0.39, 0.29) is 6.17 Å². The molecule has 8 heteroatoms. The number of hydrogen-bond donors (Lipinski definition) is 2. The Balaban J connectivity index is 1.59. The number of rotatable bonds is 8. The fourth-order valence-corrected chi connectivity index (χ4v) is 4.05. The van der Waals surface area contributed by atoms with Gasteiger partial charge >= 0.3 is 0 Å². The van der Waals surface area contributed by atoms with Crippen molar-refractivity contribution in [1.29, 1.82) is 0 Å². The van der Waals surface area contributed by atoms with E-state index in [1.165, 1.54) is 5.57 Å². The maximum Gasteiger partial charge on any atom is 0.151 e. The monoisotopic (exact) mass is 435 g/mol. The maximum absolute atomic E-state index is 11.4. The van der Waals surface area contributed by atoms with Gasteiger partial charge in [0.1, 0.15) is 23.3 Å². The van der Waals surface area contributed by atoms with Crippen LogP contribution in [0.15, 0.2) is 42.6 Å². The van der Waals surface area contributed by atoms with Crippen LogP contribution in [0.3, 0.4) is 0 Å². The molecule has 0 amide bonds. The average molecular weight is 436 g/mol. The van der Waals surface area contributed by atoms with Crippen molar-refractivity contribution in [1.82, 2.24) is 19.8 Å². The van der Waals surface area contributed by atoms with Crippen LogP contribution in [0.2, 0.25) is 0 Å². The highest BCUT2D eigenvalue weighted by molar-refractivity contribution is 5.94. The molecule has 1 aliphatic rings. The summed E-state index contributed by atoms with van der Waals surface area (Å²) in [6, 6.07) is 9.77. The number of benzene rings is 1. The van der Waals surface area contributed by atoms with Crippen LogP contribution in [0.5, 0.6) is 11.5 Å². The predicted octanol–water partition coefficient (Wildman–Crippen LogP) is 3.50. The molecule has 32 heavy (non-hydrogen) atoms. The van der Waals surface area contributed by atoms with Crippen LogP contribution >= 0.6 is 0 Å². The highest BCUT2D eigenvalue weighted by Gasteiger charge is 2.23. The van der Waals surface area contributed by atoms with Gasteiger partial charge in [0.2, 0.25) is 0 Å². The van der Waals surface area contributed by atoms with Gasteiger partial charge in [0.25, 0.3) is 0 Å². The molecule has 1 atom stereocenters. The summed E-state index contributed by atoms with van der Waals surface area (Å²) in [5.41, 5.74) is 4.92. The number of nitrogens with one attached hydrogen (secondary N) is 2. The number of carbonyl (C=O) groups is 1. The van der Waals surface area contributed by atoms with Gasteiger partial charge < -0.3 is 24.6 Å². The molecule has 0 radical (unpaired) electrons. The first-order chi connectivity index (χ1) is 15.5. The number of H-pyrrole nitrogens is 1. The summed E-state index contributed by atoms with van der Waals surface area (Å²) < 4.78 is 10.8. The van der Waals surface area contributed by atoms with Gasteiger partial charge in [-0.1, -0.05) is 6.08 Å². The molecule has 0 fully saturated rings. The third kappa shape index (κ3) is 4.46. The van der Waals surface area contributed by atoms with Crippen molar-refractivity contribution >= 4 is 34.3 Å². The fourth-order valence-electron chi connectivity index (χ4n) is 4.05. The van der Waals surface area contributed by atoms with Crippen molar-refractivity contribution < 1.29 is 14.3 Å². The molecule has 1 aromatic carbocycles. The Kier molecular flexibility index (Phi) is 6.43. The SMILES string of the molecule is COc1cc(Nc2ccnc3[nH]c(C4=CCN(C(C=O)N(C)C)CC4)cc23)cc(OC)c1. The molecular weight excluding hydrogens is 406 g/mol. The normalized spacial score (nSPS) is 15.5. The minimum Gasteiger partial charge on any atom is -0.497 e. The fraction of sp³-hybridized carbons (Fsp3) is 0.333. The highest BCUT2D eigenvalue weighted by Crippen LogP contribution is 2.33. The van der Waals surface area contributed by atoms with Crippen LogP contribution < -0.4 is 14.8 Å². The van der Waals surface area contributed by atoms with E-state index in [4.69, 9.17) is 9.47 Å². The topological polar surface area (TPSA) is 82.7 Å². The lowest BCUT2D eigenvalue weighted by Crippen LogP contribution is -2.47. The number of fused-ring (bicyclic) bond motifs is 1. The molecule has 3 heterocycles. The van der Waals surface area contributed by atoms with E-state index in [1.54, 1.807) is 20.4 Å². The molecule has 0 bridgehead atoms. The Hall–Kier alpha value is -3.36. The second-order valence-electron chi connectivity index (χ2n) is 8.02. The number of aldehydes is 1. The van der Waals surface area contributed by atoms with E-state index >= 15 is 0 Å². The Morgan fingerprint density at radius 2 is 1.94 bits per heavy atom. The summed E-state index contributed by atoms with van der Waals surface area (Å²) >= 11 is 0. The van der Waals surface area contributed by atoms with Crippen LogP contribution in [0.4, 0.5) is 11.4 Å². The second-order valence-corrected chi connectivity index (χ2v) is 8.02. The molecule has 0 aliphatic carbocycles. The summed E-state index contributed by atoms with van der Waals surface area (Å²) in [6.07, 6.45) is 5.63. The van der Waals surface area contributed by atoms with Crippen LogP contribution in [0.1, 0.15) is 12.1 Å². The number of pyridine rings is 1. The van der Waals surface area contributed by atoms with Crippen LogP contribution in [0, 0.1) is 0 Å². The first kappa shape index (κ1) is 21.9. The van der Waals surface area contributed by atoms with Gasteiger partial charge in [-0.05, 0) is 38.2 Å². The summed E-state index contributed by atoms with van der Waals surface area (Å²) in [5.74, 6) is 1.44. The van der Waals surface area contributed by atoms with Gasteiger partial charge in [0.15, 0.2) is 6.29 Å². The molecule has 0 saturated carbocycles. The lowest BCUT2D eigenvalue weighted by atomic mass is 10.0. The zero-order valence-corrected chi connectivity index (χ0v) is 18.9. The van der Waals surface area contributed by atoms with Crippen LogP contribution in [-0.2, 0) is 4.79 Å². The van der Waals surface area contributed by atoms with Gasteiger partial charge in [0, 0.05) is 54.3 Å². The summed E-state index contributed by atoms with van der Waals surface area (Å²) in [4.78, 5) is 23.5. The standard InChI is InChI=1S/C24H29N5O3/c1-28(2)23(15-30)29-9-6-16(7-10-29)22-14-20-21(5-8-25-24(20)27-22)26-17-11-18(31-3)13-19(12-17)32-4/h5-6,8,11-15,23H,7,9-10H2,1-4H3,(H2,25,26,27). The predicted molar refractivity (Wildman–Crippen MR) is 127 cm³/mol. The van der Waals surface area contributed by atoms with Crippen molar-refractivity contribution in [3.8, 4) is 11.5 Å². The van der Waals surface area contributed by atoms with Gasteiger partial charge in [-0.15, -0.1) is 0 Å². The van der Waals surface area contributed by atoms with E-state index in [0.717, 1.165) is 65.4 Å². The Labute approximate surface area is 187 Å². The number of anilines is 2. The van der Waals surface area contributed by atoms with Crippen molar-refractivity contribution in [2.24, 2.45) is 0 Å². The summed E-state index contributed by atoms with van der Waals surface area (Å²) in [5, 5.41) is 4.47. The first-order valence-electron chi connectivity index (χ1n) is 10.6. The maximum atomic E-state index is 11.4. The van der Waals surface area contributed by atoms with Gasteiger partial charge in [-0.25, -0.2) is 4.98 Å². The minimum atomic E-state index is -0.201. The van der Waals surface area contributed by atoms with Gasteiger partial charge in [-0.3, -0.25) is 9.80 Å². The minimum absolute atomic E-state index is 0.201. The van der Waals surface area contributed by atoms with E-state index in [0.29, 0.717) is 0 Å². The largest absolute Gasteiger partial charge is 0.497 e. The van der Waals surface area contributed by atoms with Gasteiger partial charge in [-0.2, -0.15) is 0 Å². The molecule has 2 N–H and O–H groups in total. The first-order valence-corrected chi connectivity index (χ1v) is 10.6.